The molecule has 1 saturated heterocycles. The molecular weight excluding hydrogens is 422 g/mol. The summed E-state index contributed by atoms with van der Waals surface area (Å²) in [5.74, 6) is -1.29. The first kappa shape index (κ1) is 21.2. The number of sulfonamides is 1. The van der Waals surface area contributed by atoms with E-state index in [1.807, 2.05) is 0 Å². The van der Waals surface area contributed by atoms with Gasteiger partial charge in [0.15, 0.2) is 6.61 Å². The number of morpholine rings is 1. The third-order valence-electron chi connectivity index (χ3n) is 4.05. The molecule has 0 bridgehead atoms. The molecule has 0 spiro atoms. The molecule has 0 saturated carbocycles. The molecule has 1 aromatic heterocycles. The minimum absolute atomic E-state index is 0.0404. The van der Waals surface area contributed by atoms with Gasteiger partial charge >= 0.3 is 5.97 Å². The van der Waals surface area contributed by atoms with Crippen LogP contribution in [-0.2, 0) is 24.3 Å². The predicted molar refractivity (Wildman–Crippen MR) is 104 cm³/mol. The molecule has 0 atom stereocenters. The van der Waals surface area contributed by atoms with Crippen LogP contribution in [0.25, 0.3) is 0 Å². The Hall–Kier alpha value is -2.53. The average Bonchev–Trinajstić information content (AvgIpc) is 2.74. The maximum Gasteiger partial charge on any atom is 0.338 e. The predicted octanol–water partition coefficient (Wildman–Crippen LogP) is 1.55. The number of ether oxygens (including phenoxy) is 2. The van der Waals surface area contributed by atoms with E-state index in [2.05, 4.69) is 10.3 Å². The van der Waals surface area contributed by atoms with Gasteiger partial charge in [-0.15, -0.1) is 0 Å². The highest BCUT2D eigenvalue weighted by atomic mass is 35.5. The van der Waals surface area contributed by atoms with E-state index in [4.69, 9.17) is 21.1 Å². The molecule has 2 aromatic rings. The number of amides is 1. The van der Waals surface area contributed by atoms with E-state index in [0.29, 0.717) is 13.2 Å². The number of anilines is 1. The van der Waals surface area contributed by atoms with Crippen molar-refractivity contribution in [3.05, 3.63) is 53.3 Å². The van der Waals surface area contributed by atoms with Gasteiger partial charge in [0.25, 0.3) is 5.91 Å². The normalized spacial score (nSPS) is 14.9. The summed E-state index contributed by atoms with van der Waals surface area (Å²) in [7, 11) is -3.83. The Bertz CT molecular complexity index is 994. The van der Waals surface area contributed by atoms with Gasteiger partial charge < -0.3 is 14.8 Å². The lowest BCUT2D eigenvalue weighted by molar-refractivity contribution is -0.119. The summed E-state index contributed by atoms with van der Waals surface area (Å²) in [6.07, 6.45) is 2.86. The number of hydrogen-bond acceptors (Lipinski definition) is 7. The quantitative estimate of drug-likeness (QED) is 0.679. The van der Waals surface area contributed by atoms with Crippen LogP contribution in [0.4, 0.5) is 5.69 Å². The van der Waals surface area contributed by atoms with Crippen molar-refractivity contribution < 1.29 is 27.5 Å². The van der Waals surface area contributed by atoms with E-state index in [0.717, 1.165) is 0 Å². The number of esters is 1. The minimum Gasteiger partial charge on any atom is -0.452 e. The lowest BCUT2D eigenvalue weighted by Crippen LogP contribution is -2.40. The van der Waals surface area contributed by atoms with Gasteiger partial charge in [-0.05, 0) is 30.3 Å². The van der Waals surface area contributed by atoms with Crippen LogP contribution in [0.15, 0.2) is 47.6 Å². The molecule has 9 nitrogen and oxygen atoms in total. The Morgan fingerprint density at radius 2 is 1.86 bits per heavy atom. The van der Waals surface area contributed by atoms with E-state index in [1.165, 1.54) is 47.0 Å². The Kier molecular flexibility index (Phi) is 6.80. The Morgan fingerprint density at radius 3 is 2.55 bits per heavy atom. The zero-order valence-electron chi connectivity index (χ0n) is 15.2. The van der Waals surface area contributed by atoms with E-state index in [-0.39, 0.29) is 34.3 Å². The van der Waals surface area contributed by atoms with E-state index in [1.54, 1.807) is 0 Å². The fraction of sp³-hybridized carbons (Fsp3) is 0.278. The van der Waals surface area contributed by atoms with Gasteiger partial charge in [-0.3, -0.25) is 9.78 Å². The highest BCUT2D eigenvalue weighted by molar-refractivity contribution is 7.89. The molecular formula is C18H18ClN3O6S. The van der Waals surface area contributed by atoms with Crippen molar-refractivity contribution in [2.75, 3.05) is 38.2 Å². The number of rotatable bonds is 6. The summed E-state index contributed by atoms with van der Waals surface area (Å²) in [6, 6.07) is 7.04. The Labute approximate surface area is 172 Å². The maximum absolute atomic E-state index is 12.8. The van der Waals surface area contributed by atoms with Crippen LogP contribution >= 0.6 is 11.6 Å². The van der Waals surface area contributed by atoms with Crippen molar-refractivity contribution in [1.29, 1.82) is 0 Å². The van der Waals surface area contributed by atoms with Gasteiger partial charge in [0.1, 0.15) is 4.90 Å². The number of nitrogens with zero attached hydrogens (tertiary/aromatic N) is 2. The van der Waals surface area contributed by atoms with Crippen LogP contribution < -0.4 is 5.32 Å². The smallest absolute Gasteiger partial charge is 0.338 e. The summed E-state index contributed by atoms with van der Waals surface area (Å²) in [6.45, 7) is 0.516. The van der Waals surface area contributed by atoms with Crippen molar-refractivity contribution in [2.45, 2.75) is 4.90 Å². The number of carbonyl (C=O) groups excluding carboxylic acids is 2. The molecule has 2 heterocycles. The van der Waals surface area contributed by atoms with Crippen molar-refractivity contribution in [2.24, 2.45) is 0 Å². The van der Waals surface area contributed by atoms with E-state index < -0.39 is 28.5 Å². The Morgan fingerprint density at radius 1 is 1.17 bits per heavy atom. The first-order chi connectivity index (χ1) is 13.9. The molecule has 11 heteroatoms. The van der Waals surface area contributed by atoms with Gasteiger partial charge in [0, 0.05) is 31.2 Å². The molecule has 154 valence electrons. The van der Waals surface area contributed by atoms with Crippen LogP contribution in [-0.4, -0.2) is 62.5 Å². The number of halogens is 1. The number of aromatic nitrogens is 1. The van der Waals surface area contributed by atoms with Gasteiger partial charge in [-0.1, -0.05) is 11.6 Å². The van der Waals surface area contributed by atoms with Gasteiger partial charge in [-0.25, -0.2) is 13.2 Å². The van der Waals surface area contributed by atoms with Crippen LogP contribution in [0.2, 0.25) is 5.02 Å². The minimum atomic E-state index is -3.83. The lowest BCUT2D eigenvalue weighted by atomic mass is 10.3. The second kappa shape index (κ2) is 9.31. The molecule has 0 radical (unpaired) electrons. The van der Waals surface area contributed by atoms with Crippen molar-refractivity contribution in [3.8, 4) is 0 Å². The topological polar surface area (TPSA) is 115 Å². The number of pyridine rings is 1. The third kappa shape index (κ3) is 5.30. The first-order valence-corrected chi connectivity index (χ1v) is 10.4. The molecule has 1 fully saturated rings. The SMILES string of the molecule is O=C(COC(=O)c1ccncc1)Nc1ccc(Cl)c(S(=O)(=O)N2CCOCC2)c1. The summed E-state index contributed by atoms with van der Waals surface area (Å²) in [4.78, 5) is 27.6. The molecule has 29 heavy (non-hydrogen) atoms. The zero-order valence-corrected chi connectivity index (χ0v) is 16.8. The highest BCUT2D eigenvalue weighted by Crippen LogP contribution is 2.28. The largest absolute Gasteiger partial charge is 0.452 e. The second-order valence-corrected chi connectivity index (χ2v) is 8.34. The first-order valence-electron chi connectivity index (χ1n) is 8.62. The number of carbonyl (C=O) groups is 2. The third-order valence-corrected chi connectivity index (χ3v) is 6.43. The zero-order chi connectivity index (χ0) is 20.9. The monoisotopic (exact) mass is 439 g/mol. The average molecular weight is 440 g/mol. The van der Waals surface area contributed by atoms with Crippen LogP contribution in [0.1, 0.15) is 10.4 Å². The maximum atomic E-state index is 12.8. The molecule has 3 rings (SSSR count). The lowest BCUT2D eigenvalue weighted by Gasteiger charge is -2.26. The Balaban J connectivity index is 1.66. The highest BCUT2D eigenvalue weighted by Gasteiger charge is 2.28. The van der Waals surface area contributed by atoms with Gasteiger partial charge in [0.05, 0.1) is 23.8 Å². The van der Waals surface area contributed by atoms with Gasteiger partial charge in [0.2, 0.25) is 10.0 Å². The molecule has 1 amide bonds. The van der Waals surface area contributed by atoms with Crippen molar-refractivity contribution in [3.63, 3.8) is 0 Å². The van der Waals surface area contributed by atoms with Crippen LogP contribution in [0, 0.1) is 0 Å². The molecule has 0 aliphatic carbocycles. The summed E-state index contributed by atoms with van der Waals surface area (Å²) in [5.41, 5.74) is 0.476. The molecule has 1 aliphatic heterocycles. The number of nitrogens with one attached hydrogen (secondary N) is 1. The van der Waals surface area contributed by atoms with Crippen LogP contribution in [0.3, 0.4) is 0 Å². The van der Waals surface area contributed by atoms with Gasteiger partial charge in [-0.2, -0.15) is 4.31 Å². The molecule has 1 N–H and O–H groups in total. The second-order valence-electron chi connectivity index (χ2n) is 6.02. The number of hydrogen-bond donors (Lipinski definition) is 1. The molecule has 0 unspecified atom stereocenters. The fourth-order valence-electron chi connectivity index (χ4n) is 2.60. The summed E-state index contributed by atoms with van der Waals surface area (Å²) >= 11 is 6.08. The summed E-state index contributed by atoms with van der Waals surface area (Å²) < 4.78 is 37.0. The van der Waals surface area contributed by atoms with E-state index >= 15 is 0 Å². The summed E-state index contributed by atoms with van der Waals surface area (Å²) in [5, 5.41) is 2.54. The van der Waals surface area contributed by atoms with Crippen molar-refractivity contribution >= 4 is 39.2 Å². The van der Waals surface area contributed by atoms with Crippen molar-refractivity contribution in [1.82, 2.24) is 9.29 Å². The number of benzene rings is 1. The molecule has 1 aromatic carbocycles. The molecule has 1 aliphatic rings. The standard InChI is InChI=1S/C18H18ClN3O6S/c19-15-2-1-14(11-16(15)29(25,26)22-7-9-27-10-8-22)21-17(23)12-28-18(24)13-3-5-20-6-4-13/h1-6,11H,7-10,12H2,(H,21,23). The van der Waals surface area contributed by atoms with E-state index in [9.17, 15) is 18.0 Å². The fourth-order valence-corrected chi connectivity index (χ4v) is 4.51. The van der Waals surface area contributed by atoms with Crippen LogP contribution in [0.5, 0.6) is 0 Å².